The van der Waals surface area contributed by atoms with Crippen LogP contribution in [-0.2, 0) is 0 Å². The van der Waals surface area contributed by atoms with Gasteiger partial charge in [-0.3, -0.25) is 0 Å². The summed E-state index contributed by atoms with van der Waals surface area (Å²) < 4.78 is 220. The van der Waals surface area contributed by atoms with Crippen molar-refractivity contribution < 1.29 is 37.3 Å². The molecule has 8 aromatic carbocycles. The van der Waals surface area contributed by atoms with Crippen LogP contribution in [0.2, 0.25) is 0 Å². The van der Waals surface area contributed by atoms with Gasteiger partial charge in [-0.15, -0.1) is 0 Å². The Morgan fingerprint density at radius 3 is 1.73 bits per heavy atom. The SMILES string of the molecule is [2H]c1c([2H])c(-c2c3c([2H])c([2H])c([2H])c([2H])c3c(-c3c([2H])c([2H])c4c([2H])c([2H])c([2H])c([2H])c4c3[2H])c3c([2H])c([2H])c([2H])c([2H])c23)c2c(oc3c4c([2H])c([2H])c([2H])c([2H])c4c([2H])c([2H])c32)c1[2H]. The van der Waals surface area contributed by atoms with Gasteiger partial charge in [-0.1, -0.05) is 127 Å². The predicted molar refractivity (Wildman–Crippen MR) is 175 cm³/mol. The van der Waals surface area contributed by atoms with E-state index in [4.69, 9.17) is 26.3 Å². The van der Waals surface area contributed by atoms with E-state index in [-0.39, 0.29) is 0 Å². The van der Waals surface area contributed by atoms with Crippen LogP contribution in [0.3, 0.4) is 0 Å². The van der Waals surface area contributed by atoms with Gasteiger partial charge in [0.1, 0.15) is 11.2 Å². The Morgan fingerprint density at radius 1 is 0.415 bits per heavy atom. The van der Waals surface area contributed by atoms with Crippen molar-refractivity contribution in [2.45, 2.75) is 0 Å². The molecule has 0 radical (unpaired) electrons. The fourth-order valence-electron chi connectivity index (χ4n) is 5.19. The lowest BCUT2D eigenvalue weighted by Gasteiger charge is -2.18. The molecule has 0 atom stereocenters. The van der Waals surface area contributed by atoms with Crippen molar-refractivity contribution in [2.75, 3.05) is 0 Å². The third-order valence-corrected chi connectivity index (χ3v) is 6.87. The average molecular weight is 545 g/mol. The molecule has 9 aromatic rings. The molecule has 1 heteroatoms. The maximum absolute atomic E-state index is 9.45. The molecular weight excluding hydrogens is 496 g/mol. The minimum Gasteiger partial charge on any atom is -0.455 e. The van der Waals surface area contributed by atoms with Gasteiger partial charge in [0.15, 0.2) is 0 Å². The Bertz CT molecular complexity index is 3740. The maximum atomic E-state index is 9.45. The number of hydrogen-bond acceptors (Lipinski definition) is 1. The smallest absolute Gasteiger partial charge is 0.143 e. The molecule has 9 rings (SSSR count). The monoisotopic (exact) mass is 544 g/mol. The van der Waals surface area contributed by atoms with E-state index in [2.05, 4.69) is 0 Å². The summed E-state index contributed by atoms with van der Waals surface area (Å²) in [6, 6.07) is -20.5. The molecule has 0 amide bonds. The topological polar surface area (TPSA) is 13.1 Å². The van der Waals surface area contributed by atoms with Crippen molar-refractivity contribution in [2.24, 2.45) is 0 Å². The van der Waals surface area contributed by atoms with Gasteiger partial charge in [-0.2, -0.15) is 0 Å². The van der Waals surface area contributed by atoms with E-state index in [9.17, 15) is 11.0 Å². The molecule has 0 aliphatic carbocycles. The largest absolute Gasteiger partial charge is 0.455 e. The van der Waals surface area contributed by atoms with Gasteiger partial charge in [0.2, 0.25) is 0 Å². The first-order valence-electron chi connectivity index (χ1n) is 24.2. The normalized spacial score (nSPS) is 20.1. The first-order valence-corrected chi connectivity index (χ1v) is 12.2. The number of fused-ring (bicyclic) bond motifs is 8. The van der Waals surface area contributed by atoms with E-state index in [1.54, 1.807) is 0 Å². The van der Waals surface area contributed by atoms with Gasteiger partial charge in [0.25, 0.3) is 0 Å². The van der Waals surface area contributed by atoms with E-state index in [0.29, 0.717) is 0 Å². The summed E-state index contributed by atoms with van der Waals surface area (Å²) in [6.07, 6.45) is 0. The molecule has 0 bridgehead atoms. The fraction of sp³-hybridized carbons (Fsp3) is 0. The standard InChI is InChI=1S/C40H24O/c1-2-12-27-24-28(21-20-25(27)10-1)37-30-14-5-7-16-32(30)38(33-17-8-6-15-31(33)37)34-18-9-19-36-39(34)35-23-22-26-11-3-4-13-29(26)40(35)41-36/h1-24H/i1D,2D,3D,4D,5D,6D,7D,8D,9D,10D,11D,12D,13D,14D,15D,16D,17D,18D,19D,20D,21D,22D,23D,24D. The molecule has 41 heavy (non-hydrogen) atoms. The van der Waals surface area contributed by atoms with Crippen molar-refractivity contribution in [3.05, 3.63) is 145 Å². The van der Waals surface area contributed by atoms with Crippen LogP contribution in [0.25, 0.3) is 87.3 Å². The van der Waals surface area contributed by atoms with Crippen LogP contribution >= 0.6 is 0 Å². The molecule has 0 saturated heterocycles. The van der Waals surface area contributed by atoms with E-state index in [0.717, 1.165) is 0 Å². The minimum atomic E-state index is -0.944. The van der Waals surface area contributed by atoms with Crippen LogP contribution in [-0.4, -0.2) is 0 Å². The Morgan fingerprint density at radius 2 is 1.00 bits per heavy atom. The highest BCUT2D eigenvalue weighted by molar-refractivity contribution is 6.27. The molecule has 0 fully saturated rings. The third kappa shape index (κ3) is 3.24. The van der Waals surface area contributed by atoms with E-state index in [1.165, 1.54) is 0 Å². The molecule has 0 aliphatic rings. The molecule has 1 nitrogen and oxygen atoms in total. The van der Waals surface area contributed by atoms with Crippen LogP contribution in [0.15, 0.2) is 149 Å². The third-order valence-electron chi connectivity index (χ3n) is 6.87. The van der Waals surface area contributed by atoms with Crippen molar-refractivity contribution in [3.8, 4) is 22.3 Å². The Labute approximate surface area is 270 Å². The van der Waals surface area contributed by atoms with Crippen molar-refractivity contribution in [3.63, 3.8) is 0 Å². The molecule has 1 aromatic heterocycles. The van der Waals surface area contributed by atoms with E-state index >= 15 is 0 Å². The lowest BCUT2D eigenvalue weighted by molar-refractivity contribution is 0.673. The van der Waals surface area contributed by atoms with Gasteiger partial charge in [-0.05, 0) is 78.1 Å². The summed E-state index contributed by atoms with van der Waals surface area (Å²) in [5.41, 5.74) is -3.76. The minimum absolute atomic E-state index is 0.424. The molecule has 0 unspecified atom stereocenters. The highest BCUT2D eigenvalue weighted by Crippen LogP contribution is 2.47. The first kappa shape index (κ1) is 9.33. The second-order valence-corrected chi connectivity index (χ2v) is 9.01. The van der Waals surface area contributed by atoms with Gasteiger partial charge >= 0.3 is 0 Å². The Hall–Kier alpha value is -5.40. The molecule has 190 valence electrons. The maximum Gasteiger partial charge on any atom is 0.143 e. The van der Waals surface area contributed by atoms with Gasteiger partial charge in [-0.25, -0.2) is 0 Å². The van der Waals surface area contributed by atoms with Crippen LogP contribution in [0.1, 0.15) is 32.9 Å². The van der Waals surface area contributed by atoms with Crippen LogP contribution < -0.4 is 0 Å². The zero-order valence-corrected chi connectivity index (χ0v) is 20.4. The zero-order chi connectivity index (χ0) is 47.8. The average Bonchev–Trinajstić information content (AvgIpc) is 3.67. The van der Waals surface area contributed by atoms with Gasteiger partial charge in [0, 0.05) is 16.2 Å². The van der Waals surface area contributed by atoms with E-state index < -0.39 is 232 Å². The predicted octanol–water partition coefficient (Wildman–Crippen LogP) is 11.5. The fourth-order valence-corrected chi connectivity index (χ4v) is 5.19. The second kappa shape index (κ2) is 8.55. The molecule has 0 aliphatic heterocycles. The van der Waals surface area contributed by atoms with Gasteiger partial charge < -0.3 is 4.42 Å². The number of furan rings is 1. The first-order chi connectivity index (χ1) is 30.3. The highest BCUT2D eigenvalue weighted by atomic mass is 16.3. The summed E-state index contributed by atoms with van der Waals surface area (Å²) in [7, 11) is 0. The van der Waals surface area contributed by atoms with Crippen LogP contribution in [0.4, 0.5) is 0 Å². The summed E-state index contributed by atoms with van der Waals surface area (Å²) in [5.74, 6) is 0. The van der Waals surface area contributed by atoms with Crippen molar-refractivity contribution in [1.82, 2.24) is 0 Å². The summed E-state index contributed by atoms with van der Waals surface area (Å²) in [6.45, 7) is 0. The van der Waals surface area contributed by atoms with Crippen molar-refractivity contribution in [1.29, 1.82) is 0 Å². The molecular formula is C40H24O. The summed E-state index contributed by atoms with van der Waals surface area (Å²) >= 11 is 0. The molecule has 0 saturated carbocycles. The lowest BCUT2D eigenvalue weighted by atomic mass is 9.84. The van der Waals surface area contributed by atoms with Crippen molar-refractivity contribution >= 4 is 65.0 Å². The molecule has 0 N–H and O–H groups in total. The highest BCUT2D eigenvalue weighted by Gasteiger charge is 2.20. The molecule has 1 heterocycles. The number of hydrogen-bond donors (Lipinski definition) is 0. The summed E-state index contributed by atoms with van der Waals surface area (Å²) in [5, 5.41) is -5.62. The van der Waals surface area contributed by atoms with Crippen LogP contribution in [0.5, 0.6) is 0 Å². The summed E-state index contributed by atoms with van der Waals surface area (Å²) in [4.78, 5) is 0. The lowest BCUT2D eigenvalue weighted by Crippen LogP contribution is -1.91. The van der Waals surface area contributed by atoms with Crippen LogP contribution in [0, 0.1) is 0 Å². The Kier molecular flexibility index (Phi) is 1.94. The second-order valence-electron chi connectivity index (χ2n) is 9.01. The van der Waals surface area contributed by atoms with E-state index in [1.807, 2.05) is 0 Å². The molecule has 0 spiro atoms. The number of rotatable bonds is 2. The van der Waals surface area contributed by atoms with Gasteiger partial charge in [0.05, 0.1) is 32.9 Å². The quantitative estimate of drug-likeness (QED) is 0.197. The zero-order valence-electron chi connectivity index (χ0n) is 44.4. The number of benzene rings is 8. The Balaban J connectivity index is 1.68.